The Bertz CT molecular complexity index is 1140. The molecule has 0 spiro atoms. The molecule has 1 aliphatic heterocycles. The van der Waals surface area contributed by atoms with E-state index in [4.69, 9.17) is 15.1 Å². The summed E-state index contributed by atoms with van der Waals surface area (Å²) in [4.78, 5) is 23.8. The van der Waals surface area contributed by atoms with E-state index in [1.807, 2.05) is 0 Å². The first-order valence-electron chi connectivity index (χ1n) is 12.4. The highest BCUT2D eigenvalue weighted by molar-refractivity contribution is 5.80. The summed E-state index contributed by atoms with van der Waals surface area (Å²) in [6.07, 6.45) is 4.76. The second-order valence-corrected chi connectivity index (χ2v) is 9.76. The summed E-state index contributed by atoms with van der Waals surface area (Å²) in [5.41, 5.74) is 7.51. The molecule has 1 aliphatic rings. The average molecular weight is 458 g/mol. The second-order valence-electron chi connectivity index (χ2n) is 9.76. The van der Waals surface area contributed by atoms with Gasteiger partial charge in [0.15, 0.2) is 5.82 Å². The highest BCUT2D eigenvalue weighted by Gasteiger charge is 2.31. The molecule has 34 heavy (non-hydrogen) atoms. The van der Waals surface area contributed by atoms with Gasteiger partial charge in [0.05, 0.1) is 17.1 Å². The van der Waals surface area contributed by atoms with Gasteiger partial charge in [-0.05, 0) is 53.4 Å². The highest BCUT2D eigenvalue weighted by Crippen LogP contribution is 2.38. The number of unbranched alkanes of at least 4 members (excludes halogenated alkanes) is 1. The van der Waals surface area contributed by atoms with Gasteiger partial charge in [-0.3, -0.25) is 4.79 Å². The number of hydrogen-bond acceptors (Lipinski definition) is 4. The van der Waals surface area contributed by atoms with Gasteiger partial charge in [-0.25, -0.2) is 9.97 Å². The molecule has 1 N–H and O–H groups in total. The fourth-order valence-electron chi connectivity index (χ4n) is 4.88. The summed E-state index contributed by atoms with van der Waals surface area (Å²) < 4.78 is 0. The lowest BCUT2D eigenvalue weighted by Gasteiger charge is -2.41. The van der Waals surface area contributed by atoms with E-state index in [0.717, 1.165) is 66.1 Å². The molecule has 0 saturated carbocycles. The lowest BCUT2D eigenvalue weighted by Crippen LogP contribution is -2.45. The zero-order chi connectivity index (χ0) is 24.2. The van der Waals surface area contributed by atoms with Crippen molar-refractivity contribution >= 4 is 11.8 Å². The zero-order valence-electron chi connectivity index (χ0n) is 20.7. The lowest BCUT2D eigenvalue weighted by atomic mass is 9.94. The zero-order valence-corrected chi connectivity index (χ0v) is 20.7. The van der Waals surface area contributed by atoms with E-state index >= 15 is 0 Å². The maximum Gasteiger partial charge on any atom is 0.303 e. The van der Waals surface area contributed by atoms with Crippen molar-refractivity contribution in [2.75, 3.05) is 4.90 Å². The van der Waals surface area contributed by atoms with Gasteiger partial charge in [0.2, 0.25) is 0 Å². The van der Waals surface area contributed by atoms with E-state index < -0.39 is 5.97 Å². The van der Waals surface area contributed by atoms with E-state index in [1.165, 1.54) is 11.1 Å². The van der Waals surface area contributed by atoms with Gasteiger partial charge in [0, 0.05) is 29.6 Å². The van der Waals surface area contributed by atoms with Crippen LogP contribution >= 0.6 is 0 Å². The first-order chi connectivity index (χ1) is 16.3. The molecule has 3 aromatic rings. The van der Waals surface area contributed by atoms with Gasteiger partial charge >= 0.3 is 5.97 Å². The van der Waals surface area contributed by atoms with Crippen LogP contribution in [0.25, 0.3) is 22.5 Å². The normalized spacial score (nSPS) is 15.4. The van der Waals surface area contributed by atoms with Crippen LogP contribution in [0.15, 0.2) is 48.5 Å². The number of anilines is 1. The molecule has 1 aromatic heterocycles. The van der Waals surface area contributed by atoms with E-state index in [9.17, 15) is 4.79 Å². The molecule has 0 saturated heterocycles. The van der Waals surface area contributed by atoms with Crippen LogP contribution in [0.5, 0.6) is 0 Å². The number of rotatable bonds is 8. The number of nitrogens with zero attached hydrogens (tertiary/aromatic N) is 3. The van der Waals surface area contributed by atoms with E-state index in [0.29, 0.717) is 6.04 Å². The van der Waals surface area contributed by atoms with Gasteiger partial charge in [-0.15, -0.1) is 0 Å². The maximum absolute atomic E-state index is 10.9. The molecule has 2 aromatic carbocycles. The average Bonchev–Trinajstić information content (AvgIpc) is 2.81. The molecule has 0 fully saturated rings. The number of hydrogen-bond donors (Lipinski definition) is 1. The van der Waals surface area contributed by atoms with Crippen molar-refractivity contribution in [2.45, 2.75) is 78.3 Å². The van der Waals surface area contributed by atoms with Gasteiger partial charge in [-0.2, -0.15) is 0 Å². The molecule has 0 radical (unpaired) electrons. The number of benzene rings is 2. The Balaban J connectivity index is 1.76. The van der Waals surface area contributed by atoms with Crippen LogP contribution in [0.1, 0.15) is 62.8 Å². The lowest BCUT2D eigenvalue weighted by molar-refractivity contribution is -0.137. The fourth-order valence-corrected chi connectivity index (χ4v) is 4.88. The first kappa shape index (κ1) is 23.9. The number of carboxylic acid groups (broad SMARTS) is 1. The van der Waals surface area contributed by atoms with Crippen molar-refractivity contribution in [3.63, 3.8) is 0 Å². The summed E-state index contributed by atoms with van der Waals surface area (Å²) in [6.45, 7) is 8.61. The van der Waals surface area contributed by atoms with Crippen molar-refractivity contribution in [1.82, 2.24) is 9.97 Å². The van der Waals surface area contributed by atoms with Crippen molar-refractivity contribution in [1.29, 1.82) is 0 Å². The molecule has 4 rings (SSSR count). The SMILES string of the molecule is Cc1ccc(-c2nc3c(nc2-c2ccc(C)cc2)N(C(C)C)C(CCCCC(=O)O)CC3)cc1. The van der Waals surface area contributed by atoms with Crippen molar-refractivity contribution in [3.8, 4) is 22.5 Å². The van der Waals surface area contributed by atoms with Crippen LogP contribution in [0.2, 0.25) is 0 Å². The molecular weight excluding hydrogens is 422 g/mol. The van der Waals surface area contributed by atoms with Crippen molar-refractivity contribution < 1.29 is 9.90 Å². The van der Waals surface area contributed by atoms with Gasteiger partial charge in [0.1, 0.15) is 0 Å². The number of carbonyl (C=O) groups is 1. The minimum Gasteiger partial charge on any atom is -0.481 e. The Kier molecular flexibility index (Phi) is 7.30. The number of carboxylic acids is 1. The standard InChI is InChI=1S/C29H35N3O2/c1-19(2)32-24(7-5-6-8-26(33)34)17-18-25-29(32)31-28(23-15-11-21(4)12-16-23)27(30-25)22-13-9-20(3)10-14-22/h9-16,19,24H,5-8,17-18H2,1-4H3,(H,33,34). The minimum absolute atomic E-state index is 0.238. The third-order valence-corrected chi connectivity index (χ3v) is 6.68. The van der Waals surface area contributed by atoms with Crippen LogP contribution < -0.4 is 4.90 Å². The quantitative estimate of drug-likeness (QED) is 0.386. The minimum atomic E-state index is -0.716. The molecular formula is C29H35N3O2. The second kappa shape index (κ2) is 10.4. The van der Waals surface area contributed by atoms with E-state index in [2.05, 4.69) is 81.1 Å². The fraction of sp³-hybridized carbons (Fsp3) is 0.414. The Morgan fingerprint density at radius 3 is 2.03 bits per heavy atom. The maximum atomic E-state index is 10.9. The summed E-state index contributed by atoms with van der Waals surface area (Å²) in [7, 11) is 0. The Hall–Kier alpha value is -3.21. The molecule has 1 atom stereocenters. The Morgan fingerprint density at radius 1 is 0.941 bits per heavy atom. The monoisotopic (exact) mass is 457 g/mol. The molecule has 5 heteroatoms. The van der Waals surface area contributed by atoms with Gasteiger partial charge < -0.3 is 10.0 Å². The summed E-state index contributed by atoms with van der Waals surface area (Å²) in [6, 6.07) is 17.7. The molecule has 0 bridgehead atoms. The van der Waals surface area contributed by atoms with Crippen molar-refractivity contribution in [3.05, 3.63) is 65.4 Å². The predicted molar refractivity (Wildman–Crippen MR) is 138 cm³/mol. The molecule has 0 aliphatic carbocycles. The van der Waals surface area contributed by atoms with Crippen LogP contribution in [0, 0.1) is 13.8 Å². The van der Waals surface area contributed by atoms with Crippen molar-refractivity contribution in [2.24, 2.45) is 0 Å². The van der Waals surface area contributed by atoms with E-state index in [1.54, 1.807) is 0 Å². The summed E-state index contributed by atoms with van der Waals surface area (Å²) in [5, 5.41) is 8.98. The first-order valence-corrected chi connectivity index (χ1v) is 12.4. The molecule has 5 nitrogen and oxygen atoms in total. The predicted octanol–water partition coefficient (Wildman–Crippen LogP) is 6.60. The highest BCUT2D eigenvalue weighted by atomic mass is 16.4. The molecule has 2 heterocycles. The number of aromatic nitrogens is 2. The van der Waals surface area contributed by atoms with Gasteiger partial charge in [-0.1, -0.05) is 66.1 Å². The summed E-state index contributed by atoms with van der Waals surface area (Å²) >= 11 is 0. The third-order valence-electron chi connectivity index (χ3n) is 6.68. The Morgan fingerprint density at radius 2 is 1.50 bits per heavy atom. The molecule has 178 valence electrons. The smallest absolute Gasteiger partial charge is 0.303 e. The number of aryl methyl sites for hydroxylation is 3. The summed E-state index contributed by atoms with van der Waals surface area (Å²) in [5.74, 6) is 0.267. The van der Waals surface area contributed by atoms with Gasteiger partial charge in [0.25, 0.3) is 0 Å². The Labute approximate surface area is 202 Å². The third kappa shape index (κ3) is 5.30. The van der Waals surface area contributed by atoms with E-state index in [-0.39, 0.29) is 12.5 Å². The van der Waals surface area contributed by atoms with Crippen LogP contribution in [-0.2, 0) is 11.2 Å². The topological polar surface area (TPSA) is 66.3 Å². The van der Waals surface area contributed by atoms with Crippen LogP contribution in [0.3, 0.4) is 0 Å². The number of aliphatic carboxylic acids is 1. The molecule has 1 unspecified atom stereocenters. The largest absolute Gasteiger partial charge is 0.481 e. The number of fused-ring (bicyclic) bond motifs is 1. The molecule has 0 amide bonds. The van der Waals surface area contributed by atoms with Crippen LogP contribution in [0.4, 0.5) is 5.82 Å². The van der Waals surface area contributed by atoms with Crippen LogP contribution in [-0.4, -0.2) is 33.1 Å².